The highest BCUT2D eigenvalue weighted by Gasteiger charge is 2.08. The quantitative estimate of drug-likeness (QED) is 0.133. The molecule has 462 valence electrons. The number of rotatable bonds is 0. The standard InChI is InChI=1S/C8H8ClF.2C8H9Cl.4C8H8F2.2C8H9F/c1-5-3-4-6(2)8(10)7(5)9;2*1-6-3-4-7(2)8(9)5-6;1-5-3-8(10)6(2)4-7(5)9;2*1-5-3-7(9)6(2)8(10)4-5;1-5-3-4-6(2)8(10)7(5)9;2*1-6-3-4-7(2)8(9)5-6/h3-4H,1-2H3;2*3-5H,1-2H3;4*3-4H,1-2H3;2*3-5H,1-2H3. The molecule has 9 aromatic rings. The third-order valence-corrected chi connectivity index (χ3v) is 13.8. The molecule has 0 spiro atoms. The molecule has 0 nitrogen and oxygen atoms in total. The molecular formula is C72H76Cl3F11. The minimum atomic E-state index is -0.736. The summed E-state index contributed by atoms with van der Waals surface area (Å²) < 4.78 is 139. The van der Waals surface area contributed by atoms with Crippen LogP contribution in [0.3, 0.4) is 0 Å². The van der Waals surface area contributed by atoms with Gasteiger partial charge >= 0.3 is 0 Å². The Morgan fingerprint density at radius 2 is 0.419 bits per heavy atom. The van der Waals surface area contributed by atoms with E-state index in [-0.39, 0.29) is 45.2 Å². The van der Waals surface area contributed by atoms with Crippen molar-refractivity contribution in [3.8, 4) is 0 Å². The summed E-state index contributed by atoms with van der Waals surface area (Å²) in [5, 5.41) is 1.95. The van der Waals surface area contributed by atoms with E-state index < -0.39 is 34.9 Å². The lowest BCUT2D eigenvalue weighted by Crippen LogP contribution is -1.91. The summed E-state index contributed by atoms with van der Waals surface area (Å²) in [5.41, 5.74) is 12.2. The van der Waals surface area contributed by atoms with Crippen LogP contribution < -0.4 is 0 Å². The summed E-state index contributed by atoms with van der Waals surface area (Å²) in [7, 11) is 0. The normalized spacial score (nSPS) is 9.86. The van der Waals surface area contributed by atoms with Crippen LogP contribution in [0.1, 0.15) is 100 Å². The molecule has 0 saturated carbocycles. The van der Waals surface area contributed by atoms with Gasteiger partial charge in [-0.05, 0) is 274 Å². The van der Waals surface area contributed by atoms with Crippen molar-refractivity contribution < 1.29 is 48.3 Å². The Labute approximate surface area is 517 Å². The van der Waals surface area contributed by atoms with Crippen LogP contribution in [0.5, 0.6) is 0 Å². The van der Waals surface area contributed by atoms with Gasteiger partial charge in [-0.1, -0.05) is 108 Å². The predicted molar refractivity (Wildman–Crippen MR) is 338 cm³/mol. The molecule has 14 heteroatoms. The maximum absolute atomic E-state index is 12.9. The van der Waals surface area contributed by atoms with Crippen LogP contribution in [0, 0.1) is 189 Å². The van der Waals surface area contributed by atoms with Crippen LogP contribution in [-0.2, 0) is 0 Å². The highest BCUT2D eigenvalue weighted by atomic mass is 35.5. The molecule has 0 aliphatic heterocycles. The van der Waals surface area contributed by atoms with Crippen molar-refractivity contribution >= 4 is 34.8 Å². The Kier molecular flexibility index (Phi) is 33.7. The number of halogens is 14. The Morgan fingerprint density at radius 3 is 0.663 bits per heavy atom. The minimum absolute atomic E-state index is 0.0885. The van der Waals surface area contributed by atoms with E-state index in [0.29, 0.717) is 50.1 Å². The van der Waals surface area contributed by atoms with E-state index in [1.165, 1.54) is 101 Å². The van der Waals surface area contributed by atoms with Crippen molar-refractivity contribution in [2.45, 2.75) is 125 Å². The van der Waals surface area contributed by atoms with E-state index in [9.17, 15) is 48.3 Å². The van der Waals surface area contributed by atoms with Crippen molar-refractivity contribution in [3.63, 3.8) is 0 Å². The SMILES string of the molecule is Cc1cc(F)c(C)c(F)c1.Cc1cc(F)c(C)c(F)c1.Cc1cc(F)c(C)cc1F.Cc1ccc(C)c(Cl)c1.Cc1ccc(C)c(Cl)c1.Cc1ccc(C)c(Cl)c1F.Cc1ccc(C)c(F)c1.Cc1ccc(C)c(F)c1.Cc1ccc(C)c(F)c1F. The van der Waals surface area contributed by atoms with E-state index in [1.807, 2.05) is 77.9 Å². The van der Waals surface area contributed by atoms with Crippen molar-refractivity contribution in [2.75, 3.05) is 0 Å². The molecule has 0 heterocycles. The van der Waals surface area contributed by atoms with Crippen molar-refractivity contribution in [3.05, 3.63) is 313 Å². The maximum Gasteiger partial charge on any atom is 0.161 e. The summed E-state index contributed by atoms with van der Waals surface area (Å²) in [6.45, 7) is 31.1. The molecule has 0 atom stereocenters. The van der Waals surface area contributed by atoms with Crippen molar-refractivity contribution in [1.29, 1.82) is 0 Å². The fraction of sp³-hybridized carbons (Fsp3) is 0.250. The van der Waals surface area contributed by atoms with Crippen molar-refractivity contribution in [2.24, 2.45) is 0 Å². The summed E-state index contributed by atoms with van der Waals surface area (Å²) >= 11 is 17.2. The van der Waals surface area contributed by atoms with Crippen LogP contribution in [0.25, 0.3) is 0 Å². The number of hydrogen-bond acceptors (Lipinski definition) is 0. The minimum Gasteiger partial charge on any atom is -0.207 e. The topological polar surface area (TPSA) is 0 Å². The van der Waals surface area contributed by atoms with Gasteiger partial charge in [-0.15, -0.1) is 0 Å². The molecule has 0 fully saturated rings. The van der Waals surface area contributed by atoms with E-state index in [1.54, 1.807) is 77.9 Å². The summed E-state index contributed by atoms with van der Waals surface area (Å²) in [6, 6.07) is 36.9. The van der Waals surface area contributed by atoms with Gasteiger partial charge in [0.2, 0.25) is 0 Å². The van der Waals surface area contributed by atoms with Gasteiger partial charge in [0.25, 0.3) is 0 Å². The smallest absolute Gasteiger partial charge is 0.161 e. The largest absolute Gasteiger partial charge is 0.207 e. The van der Waals surface area contributed by atoms with Crippen LogP contribution in [0.15, 0.2) is 133 Å². The van der Waals surface area contributed by atoms with Crippen LogP contribution >= 0.6 is 34.8 Å². The average molecular weight is 1260 g/mol. The lowest BCUT2D eigenvalue weighted by atomic mass is 10.1. The number of benzene rings is 9. The molecule has 0 unspecified atom stereocenters. The Balaban J connectivity index is 0.000000484. The first-order valence-electron chi connectivity index (χ1n) is 26.9. The molecule has 0 aliphatic carbocycles. The zero-order valence-corrected chi connectivity index (χ0v) is 54.3. The Morgan fingerprint density at radius 1 is 0.198 bits per heavy atom. The van der Waals surface area contributed by atoms with Gasteiger partial charge in [-0.3, -0.25) is 0 Å². The van der Waals surface area contributed by atoms with Crippen molar-refractivity contribution in [1.82, 2.24) is 0 Å². The second-order valence-corrected chi connectivity index (χ2v) is 21.9. The number of aryl methyl sites for hydroxylation is 16. The molecule has 9 rings (SSSR count). The molecular weight excluding hydrogens is 1180 g/mol. The van der Waals surface area contributed by atoms with Gasteiger partial charge in [-0.2, -0.15) is 0 Å². The summed E-state index contributed by atoms with van der Waals surface area (Å²) in [4.78, 5) is 0. The zero-order valence-electron chi connectivity index (χ0n) is 52.0. The molecule has 0 amide bonds. The highest BCUT2D eigenvalue weighted by molar-refractivity contribution is 6.32. The fourth-order valence-corrected chi connectivity index (χ4v) is 7.25. The highest BCUT2D eigenvalue weighted by Crippen LogP contribution is 2.22. The molecule has 0 radical (unpaired) electrons. The molecule has 86 heavy (non-hydrogen) atoms. The third-order valence-electron chi connectivity index (χ3n) is 12.5. The van der Waals surface area contributed by atoms with Crippen LogP contribution in [0.4, 0.5) is 48.3 Å². The van der Waals surface area contributed by atoms with Gasteiger partial charge < -0.3 is 0 Å². The monoisotopic (exact) mass is 1250 g/mol. The molecule has 0 bridgehead atoms. The zero-order chi connectivity index (χ0) is 66.0. The first-order valence-corrected chi connectivity index (χ1v) is 28.0. The molecule has 0 N–H and O–H groups in total. The molecule has 0 saturated heterocycles. The lowest BCUT2D eigenvalue weighted by Gasteiger charge is -2.00. The summed E-state index contributed by atoms with van der Waals surface area (Å²) in [5.74, 6) is -4.60. The average Bonchev–Trinajstić information content (AvgIpc) is 3.66. The van der Waals surface area contributed by atoms with E-state index in [4.69, 9.17) is 34.8 Å². The predicted octanol–water partition coefficient (Wildman–Crippen LogP) is 24.2. The maximum atomic E-state index is 12.9. The molecule has 9 aromatic carbocycles. The van der Waals surface area contributed by atoms with Gasteiger partial charge in [0.15, 0.2) is 11.6 Å². The van der Waals surface area contributed by atoms with E-state index >= 15 is 0 Å². The Bertz CT molecular complexity index is 3190. The second-order valence-electron chi connectivity index (χ2n) is 20.7. The van der Waals surface area contributed by atoms with Crippen LogP contribution in [0.2, 0.25) is 15.1 Å². The first-order chi connectivity index (χ1) is 39.9. The van der Waals surface area contributed by atoms with Gasteiger partial charge in [0.1, 0.15) is 52.4 Å². The van der Waals surface area contributed by atoms with Crippen LogP contribution in [-0.4, -0.2) is 0 Å². The molecule has 0 aliphatic rings. The number of hydrogen-bond donors (Lipinski definition) is 0. The fourth-order valence-electron chi connectivity index (χ4n) is 6.57. The lowest BCUT2D eigenvalue weighted by molar-refractivity contribution is 0.497. The van der Waals surface area contributed by atoms with Gasteiger partial charge in [-0.25, -0.2) is 48.3 Å². The first kappa shape index (κ1) is 77.1. The summed E-state index contributed by atoms with van der Waals surface area (Å²) in [6.07, 6.45) is 0. The van der Waals surface area contributed by atoms with E-state index in [0.717, 1.165) is 37.9 Å². The Hall–Kier alpha value is -6.92. The van der Waals surface area contributed by atoms with E-state index in [2.05, 4.69) is 12.1 Å². The third kappa shape index (κ3) is 27.6. The van der Waals surface area contributed by atoms with Gasteiger partial charge in [0.05, 0.1) is 5.02 Å². The van der Waals surface area contributed by atoms with Gasteiger partial charge in [0, 0.05) is 21.2 Å². The molecule has 0 aromatic heterocycles. The second kappa shape index (κ2) is 37.6.